The third-order valence-corrected chi connectivity index (χ3v) is 6.49. The summed E-state index contributed by atoms with van der Waals surface area (Å²) in [5.41, 5.74) is 0.0691. The lowest BCUT2D eigenvalue weighted by Gasteiger charge is -2.40. The second-order valence-corrected chi connectivity index (χ2v) is 8.32. The molecular formula is C14H22N4O2S. The highest BCUT2D eigenvalue weighted by molar-refractivity contribution is 7.89. The number of hydrogen-bond donors (Lipinski definition) is 0. The Balaban J connectivity index is 1.75. The van der Waals surface area contributed by atoms with Crippen LogP contribution in [0.25, 0.3) is 0 Å². The zero-order chi connectivity index (χ0) is 14.9. The molecule has 1 aromatic heterocycles. The molecule has 0 aliphatic carbocycles. The summed E-state index contributed by atoms with van der Waals surface area (Å²) in [6.07, 6.45) is 6.61. The molecule has 0 unspecified atom stereocenters. The van der Waals surface area contributed by atoms with Crippen LogP contribution in [0.5, 0.6) is 0 Å². The number of piperidine rings is 1. The Bertz CT molecular complexity index is 592. The lowest BCUT2D eigenvalue weighted by atomic mass is 9.79. The molecule has 3 heterocycles. The molecule has 3 rings (SSSR count). The van der Waals surface area contributed by atoms with Crippen molar-refractivity contribution in [1.29, 1.82) is 0 Å². The minimum atomic E-state index is -3.07. The molecule has 2 saturated heterocycles. The van der Waals surface area contributed by atoms with Gasteiger partial charge in [0.2, 0.25) is 16.0 Å². The van der Waals surface area contributed by atoms with Crippen LogP contribution < -0.4 is 4.90 Å². The molecule has 21 heavy (non-hydrogen) atoms. The number of rotatable bonds is 3. The molecule has 0 saturated carbocycles. The molecule has 2 fully saturated rings. The van der Waals surface area contributed by atoms with Crippen LogP contribution in [0.2, 0.25) is 0 Å². The predicted octanol–water partition coefficient (Wildman–Crippen LogP) is 1.12. The first-order valence-corrected chi connectivity index (χ1v) is 9.15. The zero-order valence-electron chi connectivity index (χ0n) is 12.4. The van der Waals surface area contributed by atoms with Crippen molar-refractivity contribution in [2.75, 3.05) is 36.8 Å². The highest BCUT2D eigenvalue weighted by Crippen LogP contribution is 2.40. The molecule has 1 atom stereocenters. The third kappa shape index (κ3) is 2.89. The molecule has 0 bridgehead atoms. The fourth-order valence-corrected chi connectivity index (χ4v) is 4.69. The van der Waals surface area contributed by atoms with E-state index in [0.717, 1.165) is 38.3 Å². The molecule has 1 aromatic rings. The van der Waals surface area contributed by atoms with Crippen molar-refractivity contribution in [2.45, 2.75) is 26.2 Å². The van der Waals surface area contributed by atoms with Gasteiger partial charge < -0.3 is 4.90 Å². The van der Waals surface area contributed by atoms with E-state index in [2.05, 4.69) is 14.9 Å². The summed E-state index contributed by atoms with van der Waals surface area (Å²) in [5, 5.41) is 0. The fraction of sp³-hybridized carbons (Fsp3) is 0.714. The van der Waals surface area contributed by atoms with Crippen LogP contribution in [-0.4, -0.2) is 54.6 Å². The van der Waals surface area contributed by atoms with E-state index in [9.17, 15) is 8.42 Å². The summed E-state index contributed by atoms with van der Waals surface area (Å²) in [6, 6.07) is 1.81. The average Bonchev–Trinajstić information content (AvgIpc) is 2.92. The second kappa shape index (κ2) is 5.53. The van der Waals surface area contributed by atoms with E-state index < -0.39 is 10.0 Å². The van der Waals surface area contributed by atoms with E-state index >= 15 is 0 Å². The predicted molar refractivity (Wildman–Crippen MR) is 81.6 cm³/mol. The van der Waals surface area contributed by atoms with Crippen LogP contribution in [0.3, 0.4) is 0 Å². The summed E-state index contributed by atoms with van der Waals surface area (Å²) < 4.78 is 25.8. The van der Waals surface area contributed by atoms with Crippen molar-refractivity contribution in [3.8, 4) is 0 Å². The number of anilines is 1. The summed E-state index contributed by atoms with van der Waals surface area (Å²) in [6.45, 7) is 4.82. The van der Waals surface area contributed by atoms with Gasteiger partial charge in [0.05, 0.1) is 5.75 Å². The van der Waals surface area contributed by atoms with Gasteiger partial charge in [-0.05, 0) is 32.3 Å². The first-order valence-electron chi connectivity index (χ1n) is 7.54. The molecule has 2 aliphatic rings. The quantitative estimate of drug-likeness (QED) is 0.837. The van der Waals surface area contributed by atoms with Gasteiger partial charge in [0.15, 0.2) is 0 Å². The monoisotopic (exact) mass is 310 g/mol. The summed E-state index contributed by atoms with van der Waals surface area (Å²) in [4.78, 5) is 10.8. The van der Waals surface area contributed by atoms with Crippen molar-refractivity contribution in [3.63, 3.8) is 0 Å². The molecule has 2 aliphatic heterocycles. The summed E-state index contributed by atoms with van der Waals surface area (Å²) in [7, 11) is -3.07. The first kappa shape index (κ1) is 14.7. The van der Waals surface area contributed by atoms with Crippen LogP contribution in [0.1, 0.15) is 26.2 Å². The molecule has 7 heteroatoms. The highest BCUT2D eigenvalue weighted by Gasteiger charge is 2.44. The summed E-state index contributed by atoms with van der Waals surface area (Å²) >= 11 is 0. The standard InChI is InChI=1S/C14H22N4O2S/c1-2-21(19,20)18-10-6-14(12-18)5-3-9-17(11-14)13-15-7-4-8-16-13/h4,7-8H,2-3,5-6,9-12H2,1H3/t14-/m1/s1. The van der Waals surface area contributed by atoms with E-state index in [1.165, 1.54) is 0 Å². The van der Waals surface area contributed by atoms with E-state index in [-0.39, 0.29) is 11.2 Å². The zero-order valence-corrected chi connectivity index (χ0v) is 13.2. The average molecular weight is 310 g/mol. The van der Waals surface area contributed by atoms with Crippen LogP contribution in [0.15, 0.2) is 18.5 Å². The maximum atomic E-state index is 12.1. The van der Waals surface area contributed by atoms with E-state index in [1.807, 2.05) is 6.07 Å². The van der Waals surface area contributed by atoms with Gasteiger partial charge in [-0.2, -0.15) is 0 Å². The van der Waals surface area contributed by atoms with E-state index in [1.54, 1.807) is 23.6 Å². The Labute approximate surface area is 126 Å². The van der Waals surface area contributed by atoms with E-state index in [4.69, 9.17) is 0 Å². The lowest BCUT2D eigenvalue weighted by Crippen LogP contribution is -2.46. The molecular weight excluding hydrogens is 288 g/mol. The first-order chi connectivity index (χ1) is 10.0. The second-order valence-electron chi connectivity index (χ2n) is 6.06. The summed E-state index contributed by atoms with van der Waals surface area (Å²) in [5.74, 6) is 0.947. The van der Waals surface area contributed by atoms with Crippen LogP contribution in [0.4, 0.5) is 5.95 Å². The van der Waals surface area contributed by atoms with Gasteiger partial charge in [-0.25, -0.2) is 22.7 Å². The van der Waals surface area contributed by atoms with Gasteiger partial charge in [-0.1, -0.05) is 0 Å². The van der Waals surface area contributed by atoms with E-state index in [0.29, 0.717) is 13.1 Å². The smallest absolute Gasteiger partial charge is 0.225 e. The van der Waals surface area contributed by atoms with Crippen molar-refractivity contribution in [1.82, 2.24) is 14.3 Å². The molecule has 116 valence electrons. The van der Waals surface area contributed by atoms with Crippen LogP contribution >= 0.6 is 0 Å². The Kier molecular flexibility index (Phi) is 3.88. The maximum absolute atomic E-state index is 12.1. The van der Waals surface area contributed by atoms with Crippen LogP contribution in [-0.2, 0) is 10.0 Å². The SMILES string of the molecule is CCS(=O)(=O)N1CC[C@@]2(CCCN(c3ncccn3)C2)C1. The lowest BCUT2D eigenvalue weighted by molar-refractivity contribution is 0.246. The molecule has 0 aromatic carbocycles. The topological polar surface area (TPSA) is 66.4 Å². The molecule has 0 radical (unpaired) electrons. The Morgan fingerprint density at radius 1 is 1.19 bits per heavy atom. The minimum Gasteiger partial charge on any atom is -0.340 e. The number of hydrogen-bond acceptors (Lipinski definition) is 5. The fourth-order valence-electron chi connectivity index (χ4n) is 3.48. The largest absolute Gasteiger partial charge is 0.340 e. The number of nitrogens with zero attached hydrogens (tertiary/aromatic N) is 4. The Morgan fingerprint density at radius 2 is 1.95 bits per heavy atom. The Morgan fingerprint density at radius 3 is 2.67 bits per heavy atom. The van der Waals surface area contributed by atoms with Gasteiger partial charge >= 0.3 is 0 Å². The number of aromatic nitrogens is 2. The molecule has 0 amide bonds. The van der Waals surface area contributed by atoms with Crippen molar-refractivity contribution in [2.24, 2.45) is 5.41 Å². The molecule has 1 spiro atoms. The Hall–Kier alpha value is -1.21. The number of sulfonamides is 1. The van der Waals surface area contributed by atoms with Gasteiger partial charge in [-0.15, -0.1) is 0 Å². The third-order valence-electron chi connectivity index (χ3n) is 4.66. The van der Waals surface area contributed by atoms with Gasteiger partial charge in [0.1, 0.15) is 0 Å². The molecule has 6 nitrogen and oxygen atoms in total. The van der Waals surface area contributed by atoms with Gasteiger partial charge in [0, 0.05) is 44.0 Å². The van der Waals surface area contributed by atoms with Crippen molar-refractivity contribution < 1.29 is 8.42 Å². The minimum absolute atomic E-state index is 0.0691. The normalized spacial score (nSPS) is 27.4. The van der Waals surface area contributed by atoms with Gasteiger partial charge in [-0.3, -0.25) is 0 Å². The highest BCUT2D eigenvalue weighted by atomic mass is 32.2. The van der Waals surface area contributed by atoms with Crippen molar-refractivity contribution in [3.05, 3.63) is 18.5 Å². The van der Waals surface area contributed by atoms with Crippen LogP contribution in [0, 0.1) is 5.41 Å². The van der Waals surface area contributed by atoms with Crippen molar-refractivity contribution >= 4 is 16.0 Å². The molecule has 0 N–H and O–H groups in total. The van der Waals surface area contributed by atoms with Gasteiger partial charge in [0.25, 0.3) is 0 Å². The maximum Gasteiger partial charge on any atom is 0.225 e.